The molecule has 0 atom stereocenters. The fourth-order valence-corrected chi connectivity index (χ4v) is 3.90. The summed E-state index contributed by atoms with van der Waals surface area (Å²) in [6.07, 6.45) is 1.82. The zero-order chi connectivity index (χ0) is 22.3. The number of hydrogen-bond acceptors (Lipinski definition) is 6. The molecule has 0 spiro atoms. The summed E-state index contributed by atoms with van der Waals surface area (Å²) in [7, 11) is 1.61. The zero-order valence-electron chi connectivity index (χ0n) is 17.7. The van der Waals surface area contributed by atoms with E-state index in [0.717, 1.165) is 28.4 Å². The lowest BCUT2D eigenvalue weighted by Gasteiger charge is -2.12. The van der Waals surface area contributed by atoms with Gasteiger partial charge < -0.3 is 4.74 Å². The van der Waals surface area contributed by atoms with E-state index in [0.29, 0.717) is 10.2 Å². The van der Waals surface area contributed by atoms with Crippen LogP contribution in [0.4, 0.5) is 5.69 Å². The molecule has 0 saturated heterocycles. The number of ether oxygens (including phenoxy) is 1. The molecule has 0 aliphatic rings. The summed E-state index contributed by atoms with van der Waals surface area (Å²) in [6, 6.07) is 27.3. The molecule has 1 aromatic heterocycles. The molecule has 1 N–H and O–H groups in total. The van der Waals surface area contributed by atoms with Crippen LogP contribution in [-0.4, -0.2) is 27.5 Å². The van der Waals surface area contributed by atoms with Gasteiger partial charge in [-0.05, 0) is 48.2 Å². The molecule has 6 nitrogen and oxygen atoms in total. The number of nitrogens with one attached hydrogen (secondary N) is 1. The monoisotopic (exact) mass is 442 g/mol. The average molecular weight is 443 g/mol. The van der Waals surface area contributed by atoms with E-state index in [4.69, 9.17) is 4.74 Å². The number of anilines is 1. The van der Waals surface area contributed by atoms with Crippen LogP contribution in [-0.2, 0) is 4.79 Å². The first-order valence-electron chi connectivity index (χ1n) is 10.0. The third-order valence-corrected chi connectivity index (χ3v) is 5.72. The third kappa shape index (κ3) is 4.90. The Morgan fingerprint density at radius 1 is 0.969 bits per heavy atom. The Hall–Kier alpha value is -3.84. The van der Waals surface area contributed by atoms with E-state index in [-0.39, 0.29) is 5.78 Å². The summed E-state index contributed by atoms with van der Waals surface area (Å²) in [5.41, 5.74) is 6.63. The van der Waals surface area contributed by atoms with Crippen molar-refractivity contribution >= 4 is 28.3 Å². The van der Waals surface area contributed by atoms with Gasteiger partial charge in [0.1, 0.15) is 5.75 Å². The van der Waals surface area contributed by atoms with Gasteiger partial charge in [-0.3, -0.25) is 14.8 Å². The van der Waals surface area contributed by atoms with Crippen molar-refractivity contribution in [2.24, 2.45) is 5.10 Å². The van der Waals surface area contributed by atoms with E-state index in [1.807, 2.05) is 95.7 Å². The molecular formula is C25H22N4O2S. The van der Waals surface area contributed by atoms with Crippen LogP contribution in [0, 0.1) is 0 Å². The number of ketones is 1. The quantitative estimate of drug-likeness (QED) is 0.173. The highest BCUT2D eigenvalue weighted by atomic mass is 32.2. The smallest absolute Gasteiger partial charge is 0.186 e. The van der Waals surface area contributed by atoms with Gasteiger partial charge in [0.25, 0.3) is 0 Å². The number of aromatic nitrogens is 2. The van der Waals surface area contributed by atoms with Crippen LogP contribution in [0.1, 0.15) is 6.92 Å². The van der Waals surface area contributed by atoms with Gasteiger partial charge >= 0.3 is 0 Å². The van der Waals surface area contributed by atoms with Crippen LogP contribution in [0.5, 0.6) is 5.75 Å². The molecule has 7 heteroatoms. The number of rotatable bonds is 7. The number of carbonyl (C=O) groups is 1. The van der Waals surface area contributed by atoms with Gasteiger partial charge in [-0.25, -0.2) is 4.98 Å². The number of Topliss-reactive ketones (excluding diaryl/α,β-unsaturated/α-hetero) is 1. The number of benzene rings is 3. The summed E-state index contributed by atoms with van der Waals surface area (Å²) in [5.74, 6) is 0.596. The predicted octanol–water partition coefficient (Wildman–Crippen LogP) is 5.65. The maximum Gasteiger partial charge on any atom is 0.186 e. The van der Waals surface area contributed by atoms with Gasteiger partial charge in [0.05, 0.1) is 24.7 Å². The highest BCUT2D eigenvalue weighted by molar-refractivity contribution is 8.15. The highest BCUT2D eigenvalue weighted by Gasteiger charge is 2.18. The third-order valence-electron chi connectivity index (χ3n) is 4.68. The van der Waals surface area contributed by atoms with E-state index in [9.17, 15) is 4.79 Å². The first-order valence-corrected chi connectivity index (χ1v) is 10.8. The lowest BCUT2D eigenvalue weighted by Crippen LogP contribution is -2.10. The van der Waals surface area contributed by atoms with Gasteiger partial charge in [-0.1, -0.05) is 48.5 Å². The number of hydrogen-bond donors (Lipinski definition) is 1. The number of nitrogens with zero attached hydrogens (tertiary/aromatic N) is 3. The van der Waals surface area contributed by atoms with Gasteiger partial charge in [0.2, 0.25) is 0 Å². The molecule has 0 unspecified atom stereocenters. The van der Waals surface area contributed by atoms with Crippen molar-refractivity contribution < 1.29 is 9.53 Å². The summed E-state index contributed by atoms with van der Waals surface area (Å²) in [4.78, 5) is 17.0. The van der Waals surface area contributed by atoms with Crippen molar-refractivity contribution in [1.29, 1.82) is 0 Å². The van der Waals surface area contributed by atoms with E-state index >= 15 is 0 Å². The topological polar surface area (TPSA) is 68.5 Å². The van der Waals surface area contributed by atoms with Crippen molar-refractivity contribution in [2.75, 3.05) is 12.5 Å². The Morgan fingerprint density at radius 3 is 2.25 bits per heavy atom. The Bertz CT molecular complexity index is 1220. The average Bonchev–Trinajstić information content (AvgIpc) is 3.26. The van der Waals surface area contributed by atoms with Crippen molar-refractivity contribution in [2.45, 2.75) is 12.1 Å². The first-order chi connectivity index (χ1) is 15.7. The number of imidazole rings is 1. The molecule has 1 heterocycles. The molecule has 0 amide bonds. The lowest BCUT2D eigenvalue weighted by atomic mass is 10.1. The van der Waals surface area contributed by atoms with E-state index in [1.165, 1.54) is 18.7 Å². The second-order valence-corrected chi connectivity index (χ2v) is 7.83. The summed E-state index contributed by atoms with van der Waals surface area (Å²) >= 11 is 1.23. The van der Waals surface area contributed by atoms with E-state index < -0.39 is 0 Å². The van der Waals surface area contributed by atoms with Crippen molar-refractivity contribution in [3.63, 3.8) is 0 Å². The molecule has 0 fully saturated rings. The predicted molar refractivity (Wildman–Crippen MR) is 130 cm³/mol. The zero-order valence-corrected chi connectivity index (χ0v) is 18.5. The maximum absolute atomic E-state index is 12.3. The number of carbonyl (C=O) groups excluding carboxylic acids is 1. The van der Waals surface area contributed by atoms with Crippen LogP contribution in [0.25, 0.3) is 16.9 Å². The van der Waals surface area contributed by atoms with Crippen LogP contribution in [0.15, 0.2) is 101 Å². The van der Waals surface area contributed by atoms with Crippen LogP contribution < -0.4 is 10.2 Å². The molecule has 4 rings (SSSR count). The number of hydrazone groups is 1. The SMILES string of the molecule is COc1ccc(N/N=C(/Sc2ncc(-c3ccccc3)n2-c2ccccc2)C(C)=O)cc1. The Kier molecular flexibility index (Phi) is 6.67. The molecule has 32 heavy (non-hydrogen) atoms. The molecule has 0 bridgehead atoms. The maximum atomic E-state index is 12.3. The molecule has 4 aromatic rings. The fourth-order valence-electron chi connectivity index (χ4n) is 3.09. The normalized spacial score (nSPS) is 11.2. The number of methoxy groups -OCH3 is 1. The second-order valence-electron chi connectivity index (χ2n) is 6.88. The minimum absolute atomic E-state index is 0.153. The minimum atomic E-state index is -0.153. The van der Waals surface area contributed by atoms with Gasteiger partial charge in [-0.15, -0.1) is 0 Å². The summed E-state index contributed by atoms with van der Waals surface area (Å²) in [6.45, 7) is 1.50. The lowest BCUT2D eigenvalue weighted by molar-refractivity contribution is -0.110. The van der Waals surface area contributed by atoms with Gasteiger partial charge in [0.15, 0.2) is 16.0 Å². The van der Waals surface area contributed by atoms with Crippen LogP contribution in [0.3, 0.4) is 0 Å². The van der Waals surface area contributed by atoms with Crippen molar-refractivity contribution in [3.8, 4) is 22.7 Å². The van der Waals surface area contributed by atoms with Crippen LogP contribution in [0.2, 0.25) is 0 Å². The molecule has 3 aromatic carbocycles. The number of thioether (sulfide) groups is 1. The van der Waals surface area contributed by atoms with Crippen LogP contribution >= 0.6 is 11.8 Å². The van der Waals surface area contributed by atoms with Crippen molar-refractivity contribution in [3.05, 3.63) is 91.1 Å². The van der Waals surface area contributed by atoms with E-state index in [1.54, 1.807) is 7.11 Å². The number of para-hydroxylation sites is 1. The largest absolute Gasteiger partial charge is 0.497 e. The Morgan fingerprint density at radius 2 is 1.62 bits per heavy atom. The standard InChI is InChI=1S/C25H22N4O2S/c1-18(30)24(28-27-20-13-15-22(31-2)16-14-20)32-25-26-17-23(19-9-5-3-6-10-19)29(25)21-11-7-4-8-12-21/h3-17,27H,1-2H3/b28-24+. The first kappa shape index (κ1) is 21.4. The van der Waals surface area contributed by atoms with Crippen molar-refractivity contribution in [1.82, 2.24) is 9.55 Å². The van der Waals surface area contributed by atoms with E-state index in [2.05, 4.69) is 15.5 Å². The molecule has 0 aliphatic heterocycles. The Labute approximate surface area is 191 Å². The highest BCUT2D eigenvalue weighted by Crippen LogP contribution is 2.30. The summed E-state index contributed by atoms with van der Waals surface area (Å²) < 4.78 is 7.21. The molecular weight excluding hydrogens is 420 g/mol. The molecule has 0 saturated carbocycles. The van der Waals surface area contributed by atoms with Gasteiger partial charge in [-0.2, -0.15) is 5.10 Å². The summed E-state index contributed by atoms with van der Waals surface area (Å²) in [5, 5.41) is 5.31. The molecule has 0 radical (unpaired) electrons. The Balaban J connectivity index is 1.68. The fraction of sp³-hybridized carbons (Fsp3) is 0.0800. The molecule has 0 aliphatic carbocycles. The second kappa shape index (κ2) is 9.98. The minimum Gasteiger partial charge on any atom is -0.497 e. The van der Waals surface area contributed by atoms with Gasteiger partial charge in [0, 0.05) is 18.2 Å². The molecule has 160 valence electrons.